The zero-order valence-corrected chi connectivity index (χ0v) is 20.7. The summed E-state index contributed by atoms with van der Waals surface area (Å²) in [4.78, 5) is 30.0. The van der Waals surface area contributed by atoms with Gasteiger partial charge in [-0.05, 0) is 47.9 Å². The quantitative estimate of drug-likeness (QED) is 0.439. The Balaban J connectivity index is 1.51. The molecule has 0 bridgehead atoms. The van der Waals surface area contributed by atoms with E-state index in [-0.39, 0.29) is 37.7 Å². The summed E-state index contributed by atoms with van der Waals surface area (Å²) in [5.41, 5.74) is 1.42. The Morgan fingerprint density at radius 1 is 1.00 bits per heavy atom. The molecule has 0 fully saturated rings. The van der Waals surface area contributed by atoms with Crippen molar-refractivity contribution in [2.75, 3.05) is 32.3 Å². The van der Waals surface area contributed by atoms with E-state index in [1.165, 1.54) is 4.90 Å². The van der Waals surface area contributed by atoms with E-state index < -0.39 is 0 Å². The van der Waals surface area contributed by atoms with Crippen LogP contribution in [-0.2, 0) is 17.9 Å². The summed E-state index contributed by atoms with van der Waals surface area (Å²) in [6, 6.07) is 16.0. The van der Waals surface area contributed by atoms with Gasteiger partial charge in [-0.1, -0.05) is 32.0 Å². The SMILES string of the molecule is COc1ccccc1NC(=O)N(CC(=O)N(Cc1ccc2c(c1)OCO2)Cc1ccco1)CC(C)C. The van der Waals surface area contributed by atoms with Crippen molar-refractivity contribution < 1.29 is 28.2 Å². The van der Waals surface area contributed by atoms with E-state index in [2.05, 4.69) is 5.32 Å². The monoisotopic (exact) mass is 493 g/mol. The third kappa shape index (κ3) is 6.29. The molecule has 1 N–H and O–H groups in total. The first-order chi connectivity index (χ1) is 17.4. The number of anilines is 1. The highest BCUT2D eigenvalue weighted by Crippen LogP contribution is 2.33. The van der Waals surface area contributed by atoms with Crippen molar-refractivity contribution in [2.45, 2.75) is 26.9 Å². The largest absolute Gasteiger partial charge is 0.495 e. The molecule has 0 radical (unpaired) electrons. The van der Waals surface area contributed by atoms with Gasteiger partial charge in [0.25, 0.3) is 0 Å². The van der Waals surface area contributed by atoms with Crippen LogP contribution in [0.5, 0.6) is 17.2 Å². The van der Waals surface area contributed by atoms with Crippen LogP contribution in [0.2, 0.25) is 0 Å². The van der Waals surface area contributed by atoms with Crippen LogP contribution in [0.25, 0.3) is 0 Å². The number of carbonyl (C=O) groups is 2. The number of nitrogens with zero attached hydrogens (tertiary/aromatic N) is 2. The molecule has 1 aliphatic heterocycles. The first kappa shape index (κ1) is 25.0. The van der Waals surface area contributed by atoms with E-state index in [0.29, 0.717) is 41.8 Å². The lowest BCUT2D eigenvalue weighted by Crippen LogP contribution is -2.45. The molecule has 9 nitrogen and oxygen atoms in total. The fraction of sp³-hybridized carbons (Fsp3) is 0.333. The van der Waals surface area contributed by atoms with Gasteiger partial charge in [0.2, 0.25) is 12.7 Å². The highest BCUT2D eigenvalue weighted by atomic mass is 16.7. The number of urea groups is 1. The van der Waals surface area contributed by atoms with Gasteiger partial charge >= 0.3 is 6.03 Å². The van der Waals surface area contributed by atoms with Crippen molar-refractivity contribution in [2.24, 2.45) is 5.92 Å². The number of nitrogens with one attached hydrogen (secondary N) is 1. The van der Waals surface area contributed by atoms with Crippen molar-refractivity contribution in [3.8, 4) is 17.2 Å². The van der Waals surface area contributed by atoms with Crippen LogP contribution in [0.15, 0.2) is 65.3 Å². The second-order valence-corrected chi connectivity index (χ2v) is 8.92. The summed E-state index contributed by atoms with van der Waals surface area (Å²) in [6.07, 6.45) is 1.57. The zero-order chi connectivity index (χ0) is 25.5. The third-order valence-electron chi connectivity index (χ3n) is 5.64. The summed E-state index contributed by atoms with van der Waals surface area (Å²) >= 11 is 0. The maximum absolute atomic E-state index is 13.6. The lowest BCUT2D eigenvalue weighted by molar-refractivity contribution is -0.133. The van der Waals surface area contributed by atoms with E-state index in [4.69, 9.17) is 18.6 Å². The van der Waals surface area contributed by atoms with Gasteiger partial charge in [0.05, 0.1) is 25.6 Å². The molecule has 9 heteroatoms. The highest BCUT2D eigenvalue weighted by molar-refractivity contribution is 5.93. The normalized spacial score (nSPS) is 11.9. The number of fused-ring (bicyclic) bond motifs is 1. The third-order valence-corrected chi connectivity index (χ3v) is 5.64. The van der Waals surface area contributed by atoms with E-state index in [0.717, 1.165) is 5.56 Å². The van der Waals surface area contributed by atoms with Gasteiger partial charge in [-0.25, -0.2) is 4.79 Å². The zero-order valence-electron chi connectivity index (χ0n) is 20.7. The molecule has 3 aromatic rings. The van der Waals surface area contributed by atoms with E-state index >= 15 is 0 Å². The van der Waals surface area contributed by atoms with Crippen LogP contribution in [0.1, 0.15) is 25.2 Å². The molecule has 0 aliphatic carbocycles. The van der Waals surface area contributed by atoms with E-state index in [1.54, 1.807) is 36.5 Å². The molecule has 0 saturated heterocycles. The number of amides is 3. The summed E-state index contributed by atoms with van der Waals surface area (Å²) < 4.78 is 21.7. The minimum atomic E-state index is -0.373. The Morgan fingerprint density at radius 2 is 1.81 bits per heavy atom. The second kappa shape index (κ2) is 11.5. The number of carbonyl (C=O) groups excluding carboxylic acids is 2. The number of hydrogen-bond acceptors (Lipinski definition) is 6. The van der Waals surface area contributed by atoms with Crippen molar-refractivity contribution in [3.63, 3.8) is 0 Å². The molecule has 36 heavy (non-hydrogen) atoms. The van der Waals surface area contributed by atoms with Crippen LogP contribution in [-0.4, -0.2) is 48.7 Å². The van der Waals surface area contributed by atoms with Crippen LogP contribution in [0.4, 0.5) is 10.5 Å². The van der Waals surface area contributed by atoms with Gasteiger partial charge in [0, 0.05) is 13.1 Å². The molecule has 1 aromatic heterocycles. The predicted octanol–water partition coefficient (Wildman–Crippen LogP) is 4.74. The maximum Gasteiger partial charge on any atom is 0.322 e. The van der Waals surface area contributed by atoms with Crippen molar-refractivity contribution in [1.29, 1.82) is 0 Å². The Bertz CT molecular complexity index is 1180. The highest BCUT2D eigenvalue weighted by Gasteiger charge is 2.24. The first-order valence-corrected chi connectivity index (χ1v) is 11.8. The summed E-state index contributed by atoms with van der Waals surface area (Å²) in [5, 5.41) is 2.88. The van der Waals surface area contributed by atoms with Gasteiger partial charge in [-0.15, -0.1) is 0 Å². The van der Waals surface area contributed by atoms with Crippen LogP contribution < -0.4 is 19.5 Å². The number of methoxy groups -OCH3 is 1. The number of para-hydroxylation sites is 2. The van der Waals surface area contributed by atoms with E-state index in [9.17, 15) is 9.59 Å². The summed E-state index contributed by atoms with van der Waals surface area (Å²) in [5.74, 6) is 2.48. The van der Waals surface area contributed by atoms with Crippen LogP contribution >= 0.6 is 0 Å². The van der Waals surface area contributed by atoms with E-state index in [1.807, 2.05) is 50.2 Å². The summed E-state index contributed by atoms with van der Waals surface area (Å²) in [7, 11) is 1.54. The Morgan fingerprint density at radius 3 is 2.56 bits per heavy atom. The van der Waals surface area contributed by atoms with Crippen molar-refractivity contribution in [3.05, 3.63) is 72.2 Å². The number of hydrogen-bond donors (Lipinski definition) is 1. The molecular formula is C27H31N3O6. The van der Waals surface area contributed by atoms with Crippen molar-refractivity contribution >= 4 is 17.6 Å². The number of ether oxygens (including phenoxy) is 3. The molecule has 0 atom stereocenters. The predicted molar refractivity (Wildman–Crippen MR) is 134 cm³/mol. The van der Waals surface area contributed by atoms with Gasteiger partial charge in [0.1, 0.15) is 18.1 Å². The topological polar surface area (TPSA) is 93.5 Å². The Labute approximate surface area is 210 Å². The molecule has 0 saturated carbocycles. The number of rotatable bonds is 10. The minimum Gasteiger partial charge on any atom is -0.495 e. The fourth-order valence-corrected chi connectivity index (χ4v) is 3.95. The lowest BCUT2D eigenvalue weighted by atomic mass is 10.1. The average Bonchev–Trinajstić information content (AvgIpc) is 3.55. The first-order valence-electron chi connectivity index (χ1n) is 11.8. The second-order valence-electron chi connectivity index (χ2n) is 8.92. The molecule has 1 aliphatic rings. The molecule has 2 heterocycles. The minimum absolute atomic E-state index is 0.0928. The van der Waals surface area contributed by atoms with Gasteiger partial charge in [0.15, 0.2) is 11.5 Å². The Hall–Kier alpha value is -4.14. The standard InChI is InChI=1S/C27H31N3O6/c1-19(2)14-30(27(32)28-22-8-4-5-9-23(22)33-3)17-26(31)29(16-21-7-6-12-34-21)15-20-10-11-24-25(13-20)36-18-35-24/h4-13,19H,14-18H2,1-3H3,(H,28,32). The molecule has 2 aromatic carbocycles. The number of furan rings is 1. The summed E-state index contributed by atoms with van der Waals surface area (Å²) in [6.45, 7) is 5.08. The molecule has 190 valence electrons. The van der Waals surface area contributed by atoms with Gasteiger partial charge in [-0.3, -0.25) is 4.79 Å². The maximum atomic E-state index is 13.6. The smallest absolute Gasteiger partial charge is 0.322 e. The lowest BCUT2D eigenvalue weighted by Gasteiger charge is -2.28. The van der Waals surface area contributed by atoms with Gasteiger partial charge < -0.3 is 33.7 Å². The van der Waals surface area contributed by atoms with Crippen molar-refractivity contribution in [1.82, 2.24) is 9.80 Å². The molecule has 4 rings (SSSR count). The average molecular weight is 494 g/mol. The molecule has 3 amide bonds. The fourth-order valence-electron chi connectivity index (χ4n) is 3.95. The Kier molecular flexibility index (Phi) is 7.99. The van der Waals surface area contributed by atoms with Gasteiger partial charge in [-0.2, -0.15) is 0 Å². The molecule has 0 spiro atoms. The van der Waals surface area contributed by atoms with Crippen LogP contribution in [0.3, 0.4) is 0 Å². The molecule has 0 unspecified atom stereocenters. The number of benzene rings is 2. The molecular weight excluding hydrogens is 462 g/mol. The van der Waals surface area contributed by atoms with Crippen LogP contribution in [0, 0.1) is 5.92 Å².